The maximum atomic E-state index is 13.2. The second-order valence-corrected chi connectivity index (χ2v) is 11.3. The Kier molecular flexibility index (Phi) is 5.84. The van der Waals surface area contributed by atoms with Crippen molar-refractivity contribution in [2.75, 3.05) is 0 Å². The lowest BCUT2D eigenvalue weighted by Crippen LogP contribution is -2.59. The SMILES string of the molecule is C[C@]12CC[C@H]3[C@@H](CC=C4CC(=O)CC[C@@]43C)[C@@H]1CC[C@@H]2[C@H](O)CC(O)(C(F)(F)F)C(F)(F)F. The van der Waals surface area contributed by atoms with Crippen LogP contribution in [0.4, 0.5) is 26.3 Å². The van der Waals surface area contributed by atoms with Crippen LogP contribution in [0.1, 0.15) is 71.6 Å². The summed E-state index contributed by atoms with van der Waals surface area (Å²) in [5, 5.41) is 20.3. The van der Waals surface area contributed by atoms with E-state index in [0.29, 0.717) is 38.0 Å². The summed E-state index contributed by atoms with van der Waals surface area (Å²) >= 11 is 0. The van der Waals surface area contributed by atoms with E-state index in [1.807, 2.05) is 6.92 Å². The van der Waals surface area contributed by atoms with Gasteiger partial charge in [-0.3, -0.25) is 4.79 Å². The second-order valence-electron chi connectivity index (χ2n) is 11.3. The van der Waals surface area contributed by atoms with Gasteiger partial charge >= 0.3 is 12.4 Å². The third-order valence-corrected chi connectivity index (χ3v) is 9.92. The van der Waals surface area contributed by atoms with Gasteiger partial charge in [0.05, 0.1) is 6.10 Å². The lowest BCUT2D eigenvalue weighted by molar-refractivity contribution is -0.375. The number of ketones is 1. The fourth-order valence-corrected chi connectivity index (χ4v) is 7.99. The van der Waals surface area contributed by atoms with Gasteiger partial charge in [0.2, 0.25) is 0 Å². The highest BCUT2D eigenvalue weighted by Gasteiger charge is 2.71. The van der Waals surface area contributed by atoms with Gasteiger partial charge in [-0.2, -0.15) is 26.3 Å². The number of hydrogen-bond acceptors (Lipinski definition) is 3. The molecule has 7 atom stereocenters. The molecule has 3 nitrogen and oxygen atoms in total. The number of fused-ring (bicyclic) bond motifs is 5. The first-order chi connectivity index (χ1) is 15.0. The molecule has 0 amide bonds. The number of carbonyl (C=O) groups excluding carboxylic acids is 1. The number of halogens is 6. The van der Waals surface area contributed by atoms with Gasteiger partial charge in [0.15, 0.2) is 0 Å². The molecule has 4 rings (SSSR count). The number of allylic oxidation sites excluding steroid dienone is 2. The quantitative estimate of drug-likeness (QED) is 0.398. The molecule has 0 aromatic carbocycles. The van der Waals surface area contributed by atoms with Gasteiger partial charge in [0, 0.05) is 19.3 Å². The Morgan fingerprint density at radius 1 is 1.03 bits per heavy atom. The third-order valence-electron chi connectivity index (χ3n) is 9.92. The highest BCUT2D eigenvalue weighted by molar-refractivity contribution is 5.82. The van der Waals surface area contributed by atoms with E-state index in [1.165, 1.54) is 5.57 Å². The van der Waals surface area contributed by atoms with Crippen molar-refractivity contribution >= 4 is 5.78 Å². The fraction of sp³-hybridized carbons (Fsp3) is 0.875. The molecular formula is C24H32F6O3. The number of rotatable bonds is 3. The minimum atomic E-state index is -5.93. The zero-order chi connectivity index (χ0) is 24.6. The largest absolute Gasteiger partial charge is 0.426 e. The first kappa shape index (κ1) is 25.0. The van der Waals surface area contributed by atoms with Crippen LogP contribution >= 0.6 is 0 Å². The first-order valence-corrected chi connectivity index (χ1v) is 11.8. The Morgan fingerprint density at radius 3 is 2.27 bits per heavy atom. The minimum absolute atomic E-state index is 0.0769. The van der Waals surface area contributed by atoms with Crippen LogP contribution in [0.15, 0.2) is 11.6 Å². The van der Waals surface area contributed by atoms with E-state index in [0.717, 1.165) is 19.3 Å². The van der Waals surface area contributed by atoms with Crippen molar-refractivity contribution in [3.8, 4) is 0 Å². The molecule has 4 aliphatic carbocycles. The molecule has 3 fully saturated rings. The number of carbonyl (C=O) groups is 1. The zero-order valence-electron chi connectivity index (χ0n) is 18.9. The van der Waals surface area contributed by atoms with Gasteiger partial charge in [-0.25, -0.2) is 0 Å². The number of alkyl halides is 6. The summed E-state index contributed by atoms with van der Waals surface area (Å²) in [5.74, 6) is 0.122. The Hall–Kier alpha value is -1.09. The van der Waals surface area contributed by atoms with Crippen molar-refractivity contribution in [3.05, 3.63) is 11.6 Å². The van der Waals surface area contributed by atoms with E-state index in [4.69, 9.17) is 0 Å². The summed E-state index contributed by atoms with van der Waals surface area (Å²) < 4.78 is 79.3. The van der Waals surface area contributed by atoms with Gasteiger partial charge in [0.1, 0.15) is 5.78 Å². The molecule has 0 spiro atoms. The summed E-state index contributed by atoms with van der Waals surface area (Å²) in [6.07, 6.45) is -8.56. The predicted molar refractivity (Wildman–Crippen MR) is 108 cm³/mol. The molecule has 0 aromatic heterocycles. The molecule has 0 bridgehead atoms. The monoisotopic (exact) mass is 482 g/mol. The molecule has 0 heterocycles. The topological polar surface area (TPSA) is 57.5 Å². The second kappa shape index (κ2) is 7.70. The summed E-state index contributed by atoms with van der Waals surface area (Å²) in [4.78, 5) is 12.0. The van der Waals surface area contributed by atoms with Crippen LogP contribution in [0.5, 0.6) is 0 Å². The van der Waals surface area contributed by atoms with Crippen LogP contribution in [0.25, 0.3) is 0 Å². The number of hydrogen-bond donors (Lipinski definition) is 2. The van der Waals surface area contributed by atoms with Crippen molar-refractivity contribution in [3.63, 3.8) is 0 Å². The van der Waals surface area contributed by atoms with Gasteiger partial charge in [-0.15, -0.1) is 0 Å². The van der Waals surface area contributed by atoms with Crippen LogP contribution in [-0.4, -0.2) is 40.1 Å². The summed E-state index contributed by atoms with van der Waals surface area (Å²) in [6.45, 7) is 4.08. The fourth-order valence-electron chi connectivity index (χ4n) is 7.99. The first-order valence-electron chi connectivity index (χ1n) is 11.8. The molecule has 0 aromatic rings. The molecule has 0 aliphatic heterocycles. The van der Waals surface area contributed by atoms with Gasteiger partial charge < -0.3 is 10.2 Å². The molecule has 188 valence electrons. The van der Waals surface area contributed by atoms with Crippen LogP contribution in [0.2, 0.25) is 0 Å². The smallest absolute Gasteiger partial charge is 0.393 e. The Morgan fingerprint density at radius 2 is 1.67 bits per heavy atom. The lowest BCUT2D eigenvalue weighted by atomic mass is 9.47. The third kappa shape index (κ3) is 3.67. The van der Waals surface area contributed by atoms with Gasteiger partial charge in [0.25, 0.3) is 5.60 Å². The highest BCUT2D eigenvalue weighted by atomic mass is 19.4. The van der Waals surface area contributed by atoms with Crippen LogP contribution in [0, 0.1) is 34.5 Å². The number of aliphatic hydroxyl groups excluding tert-OH is 1. The Balaban J connectivity index is 1.57. The van der Waals surface area contributed by atoms with Gasteiger partial charge in [-0.05, 0) is 73.0 Å². The summed E-state index contributed by atoms with van der Waals surface area (Å²) in [6, 6.07) is 0. The van der Waals surface area contributed by atoms with Crippen LogP contribution in [-0.2, 0) is 4.79 Å². The molecule has 9 heteroatoms. The maximum Gasteiger partial charge on any atom is 0.426 e. The molecule has 4 aliphatic rings. The minimum Gasteiger partial charge on any atom is -0.393 e. The van der Waals surface area contributed by atoms with Crippen LogP contribution < -0.4 is 0 Å². The highest BCUT2D eigenvalue weighted by Crippen LogP contribution is 2.67. The van der Waals surface area contributed by atoms with E-state index >= 15 is 0 Å². The van der Waals surface area contributed by atoms with E-state index < -0.39 is 41.8 Å². The van der Waals surface area contributed by atoms with Crippen molar-refractivity contribution in [2.24, 2.45) is 34.5 Å². The predicted octanol–water partition coefficient (Wildman–Crippen LogP) is 5.74. The zero-order valence-corrected chi connectivity index (χ0v) is 18.9. The molecule has 33 heavy (non-hydrogen) atoms. The average Bonchev–Trinajstić information content (AvgIpc) is 3.04. The molecular weight excluding hydrogens is 450 g/mol. The molecule has 0 saturated heterocycles. The van der Waals surface area contributed by atoms with Crippen molar-refractivity contribution in [1.82, 2.24) is 0 Å². The Labute approximate surface area is 189 Å². The van der Waals surface area contributed by atoms with Crippen molar-refractivity contribution in [1.29, 1.82) is 0 Å². The van der Waals surface area contributed by atoms with Crippen LogP contribution in [0.3, 0.4) is 0 Å². The number of aliphatic hydroxyl groups is 2. The summed E-state index contributed by atoms with van der Waals surface area (Å²) in [5.41, 5.74) is -4.44. The van der Waals surface area contributed by atoms with E-state index in [-0.39, 0.29) is 23.0 Å². The van der Waals surface area contributed by atoms with E-state index in [2.05, 4.69) is 13.0 Å². The summed E-state index contributed by atoms with van der Waals surface area (Å²) in [7, 11) is 0. The Bertz CT molecular complexity index is 819. The maximum absolute atomic E-state index is 13.2. The normalized spacial score (nSPS) is 40.5. The van der Waals surface area contributed by atoms with E-state index in [9.17, 15) is 41.4 Å². The lowest BCUT2D eigenvalue weighted by Gasteiger charge is -2.57. The van der Waals surface area contributed by atoms with Gasteiger partial charge in [-0.1, -0.05) is 25.5 Å². The average molecular weight is 483 g/mol. The molecule has 0 unspecified atom stereocenters. The van der Waals surface area contributed by atoms with Crippen molar-refractivity contribution < 1.29 is 41.4 Å². The molecule has 2 N–H and O–H groups in total. The standard InChI is InChI=1S/C24H32F6O3/c1-20-9-7-14(31)11-13(20)3-4-15-16-5-6-18(21(16,2)10-8-17(15)20)19(32)12-22(33,23(25,26)27)24(28,29)30/h3,15-19,32-33H,4-12H2,1-2H3/t15-,16-,17-,18+,19+,20-,21-/m0/s1. The molecule has 3 saturated carbocycles. The van der Waals surface area contributed by atoms with Crippen molar-refractivity contribution in [2.45, 2.75) is 95.7 Å². The number of Topliss-reactive ketones (excluding diaryl/α,β-unsaturated/α-hetero) is 1. The van der Waals surface area contributed by atoms with E-state index in [1.54, 1.807) is 0 Å². The molecule has 0 radical (unpaired) electrons.